The molecule has 3 heteroatoms. The molecule has 0 radical (unpaired) electrons. The van der Waals surface area contributed by atoms with Crippen LogP contribution in [0.3, 0.4) is 0 Å². The molecule has 1 rings (SSSR count). The molecule has 0 aromatic rings. The van der Waals surface area contributed by atoms with E-state index in [0.717, 1.165) is 25.3 Å². The van der Waals surface area contributed by atoms with Crippen LogP contribution >= 0.6 is 0 Å². The molecule has 0 aromatic carbocycles. The number of hydrogen-bond donors (Lipinski definition) is 1. The van der Waals surface area contributed by atoms with Crippen molar-refractivity contribution < 1.29 is 9.90 Å². The molecule has 0 amide bonds. The summed E-state index contributed by atoms with van der Waals surface area (Å²) in [6.07, 6.45) is 3.46. The van der Waals surface area contributed by atoms with Crippen molar-refractivity contribution >= 4 is 5.97 Å². The highest BCUT2D eigenvalue weighted by Crippen LogP contribution is 2.18. The van der Waals surface area contributed by atoms with E-state index in [1.54, 1.807) is 0 Å². The fourth-order valence-corrected chi connectivity index (χ4v) is 1.73. The monoisotopic (exact) mass is 185 g/mol. The number of nitrogens with zero attached hydrogens (tertiary/aromatic N) is 1. The first-order valence-electron chi connectivity index (χ1n) is 5.16. The summed E-state index contributed by atoms with van der Waals surface area (Å²) in [4.78, 5) is 12.6. The summed E-state index contributed by atoms with van der Waals surface area (Å²) in [5.74, 6) is 0.231. The zero-order chi connectivity index (χ0) is 9.68. The van der Waals surface area contributed by atoms with Crippen LogP contribution in [0.5, 0.6) is 0 Å². The maximum atomic E-state index is 10.2. The second-order valence-corrected chi connectivity index (χ2v) is 3.88. The standard InChI is InChI=1S/C10H19NO2/c1-2-9-7-11(8-9)6-4-3-5-10(12)13/h9H,2-8H2,1H3,(H,12,13). The van der Waals surface area contributed by atoms with Gasteiger partial charge in [-0.3, -0.25) is 4.79 Å². The molecular formula is C10H19NO2. The third-order valence-electron chi connectivity index (χ3n) is 2.73. The molecule has 1 fully saturated rings. The fourth-order valence-electron chi connectivity index (χ4n) is 1.73. The van der Waals surface area contributed by atoms with Gasteiger partial charge < -0.3 is 10.0 Å². The van der Waals surface area contributed by atoms with Gasteiger partial charge in [0.05, 0.1) is 0 Å². The van der Waals surface area contributed by atoms with E-state index >= 15 is 0 Å². The normalized spacial score (nSPS) is 18.5. The van der Waals surface area contributed by atoms with Crippen molar-refractivity contribution in [2.24, 2.45) is 5.92 Å². The Kier molecular flexibility index (Phi) is 4.22. The molecule has 0 unspecified atom stereocenters. The van der Waals surface area contributed by atoms with Crippen LogP contribution in [0.2, 0.25) is 0 Å². The zero-order valence-corrected chi connectivity index (χ0v) is 8.33. The van der Waals surface area contributed by atoms with Gasteiger partial charge in [-0.25, -0.2) is 0 Å². The summed E-state index contributed by atoms with van der Waals surface area (Å²) in [5.41, 5.74) is 0. The number of unbranched alkanes of at least 4 members (excludes halogenated alkanes) is 1. The van der Waals surface area contributed by atoms with Gasteiger partial charge in [-0.1, -0.05) is 13.3 Å². The van der Waals surface area contributed by atoms with E-state index in [4.69, 9.17) is 5.11 Å². The second-order valence-electron chi connectivity index (χ2n) is 3.88. The second kappa shape index (κ2) is 5.22. The quantitative estimate of drug-likeness (QED) is 0.639. The van der Waals surface area contributed by atoms with E-state index < -0.39 is 5.97 Å². The summed E-state index contributed by atoms with van der Waals surface area (Å²) in [5, 5.41) is 8.42. The van der Waals surface area contributed by atoms with Gasteiger partial charge in [-0.2, -0.15) is 0 Å². The molecule has 3 nitrogen and oxygen atoms in total. The summed E-state index contributed by atoms with van der Waals surface area (Å²) in [7, 11) is 0. The number of aliphatic carboxylic acids is 1. The Balaban J connectivity index is 1.88. The molecule has 0 aliphatic carbocycles. The molecule has 1 N–H and O–H groups in total. The van der Waals surface area contributed by atoms with Crippen LogP contribution in [-0.2, 0) is 4.79 Å². The Hall–Kier alpha value is -0.570. The average molecular weight is 185 g/mol. The average Bonchev–Trinajstić information content (AvgIpc) is 2.00. The Morgan fingerprint density at radius 1 is 1.46 bits per heavy atom. The van der Waals surface area contributed by atoms with Gasteiger partial charge in [0.25, 0.3) is 0 Å². The van der Waals surface area contributed by atoms with Crippen molar-refractivity contribution in [1.29, 1.82) is 0 Å². The maximum Gasteiger partial charge on any atom is 0.303 e. The van der Waals surface area contributed by atoms with E-state index in [9.17, 15) is 4.79 Å². The van der Waals surface area contributed by atoms with Gasteiger partial charge in [-0.05, 0) is 25.3 Å². The van der Waals surface area contributed by atoms with Gasteiger partial charge >= 0.3 is 5.97 Å². The van der Waals surface area contributed by atoms with Crippen LogP contribution in [0.4, 0.5) is 0 Å². The molecule has 0 aromatic heterocycles. The van der Waals surface area contributed by atoms with E-state index in [0.29, 0.717) is 6.42 Å². The highest BCUT2D eigenvalue weighted by molar-refractivity contribution is 5.66. The lowest BCUT2D eigenvalue weighted by atomic mass is 9.97. The summed E-state index contributed by atoms with van der Waals surface area (Å²) >= 11 is 0. The number of carboxylic acid groups (broad SMARTS) is 1. The molecule has 0 atom stereocenters. The number of carboxylic acids is 1. The Morgan fingerprint density at radius 2 is 2.15 bits per heavy atom. The van der Waals surface area contributed by atoms with Gasteiger partial charge in [0.2, 0.25) is 0 Å². The molecule has 0 saturated carbocycles. The Bertz CT molecular complexity index is 164. The summed E-state index contributed by atoms with van der Waals surface area (Å²) in [6.45, 7) is 5.77. The number of carbonyl (C=O) groups is 1. The highest BCUT2D eigenvalue weighted by atomic mass is 16.4. The number of likely N-dealkylation sites (tertiary alicyclic amines) is 1. The predicted octanol–water partition coefficient (Wildman–Crippen LogP) is 1.58. The van der Waals surface area contributed by atoms with Crippen LogP contribution < -0.4 is 0 Å². The molecule has 1 heterocycles. The molecule has 13 heavy (non-hydrogen) atoms. The minimum Gasteiger partial charge on any atom is -0.481 e. The lowest BCUT2D eigenvalue weighted by molar-refractivity contribution is -0.137. The molecule has 1 aliphatic rings. The summed E-state index contributed by atoms with van der Waals surface area (Å²) < 4.78 is 0. The van der Waals surface area contributed by atoms with Crippen molar-refractivity contribution in [2.75, 3.05) is 19.6 Å². The highest BCUT2D eigenvalue weighted by Gasteiger charge is 2.23. The van der Waals surface area contributed by atoms with Crippen molar-refractivity contribution in [3.8, 4) is 0 Å². The van der Waals surface area contributed by atoms with E-state index in [1.165, 1.54) is 19.5 Å². The third-order valence-corrected chi connectivity index (χ3v) is 2.73. The first kappa shape index (κ1) is 10.5. The number of hydrogen-bond acceptors (Lipinski definition) is 2. The Morgan fingerprint density at radius 3 is 2.69 bits per heavy atom. The first-order valence-corrected chi connectivity index (χ1v) is 5.16. The first-order chi connectivity index (χ1) is 6.22. The largest absolute Gasteiger partial charge is 0.481 e. The molecule has 0 spiro atoms. The van der Waals surface area contributed by atoms with Gasteiger partial charge in [0.1, 0.15) is 0 Å². The Labute approximate surface area is 79.7 Å². The predicted molar refractivity (Wildman–Crippen MR) is 51.7 cm³/mol. The van der Waals surface area contributed by atoms with E-state index in [-0.39, 0.29) is 0 Å². The van der Waals surface area contributed by atoms with Gasteiger partial charge in [0, 0.05) is 19.5 Å². The van der Waals surface area contributed by atoms with E-state index in [2.05, 4.69) is 11.8 Å². The SMILES string of the molecule is CCC1CN(CCCCC(=O)O)C1. The van der Waals surface area contributed by atoms with Crippen LogP contribution in [0.15, 0.2) is 0 Å². The van der Waals surface area contributed by atoms with Crippen molar-refractivity contribution in [2.45, 2.75) is 32.6 Å². The smallest absolute Gasteiger partial charge is 0.303 e. The molecule has 76 valence electrons. The van der Waals surface area contributed by atoms with Crippen LogP contribution in [0, 0.1) is 5.92 Å². The lowest BCUT2D eigenvalue weighted by Crippen LogP contribution is -2.46. The van der Waals surface area contributed by atoms with Crippen LogP contribution in [0.25, 0.3) is 0 Å². The zero-order valence-electron chi connectivity index (χ0n) is 8.33. The van der Waals surface area contributed by atoms with Gasteiger partial charge in [0.15, 0.2) is 0 Å². The molecule has 1 saturated heterocycles. The fraction of sp³-hybridized carbons (Fsp3) is 0.900. The molecular weight excluding hydrogens is 166 g/mol. The minimum atomic E-state index is -0.671. The topological polar surface area (TPSA) is 40.5 Å². The van der Waals surface area contributed by atoms with Crippen LogP contribution in [-0.4, -0.2) is 35.6 Å². The molecule has 1 aliphatic heterocycles. The number of rotatable bonds is 6. The van der Waals surface area contributed by atoms with Crippen molar-refractivity contribution in [3.63, 3.8) is 0 Å². The minimum absolute atomic E-state index is 0.324. The third kappa shape index (κ3) is 3.77. The molecule has 0 bridgehead atoms. The van der Waals surface area contributed by atoms with Gasteiger partial charge in [-0.15, -0.1) is 0 Å². The maximum absolute atomic E-state index is 10.2. The van der Waals surface area contributed by atoms with Crippen LogP contribution in [0.1, 0.15) is 32.6 Å². The van der Waals surface area contributed by atoms with Crippen molar-refractivity contribution in [3.05, 3.63) is 0 Å². The lowest BCUT2D eigenvalue weighted by Gasteiger charge is -2.38. The van der Waals surface area contributed by atoms with E-state index in [1.807, 2.05) is 0 Å². The summed E-state index contributed by atoms with van der Waals surface area (Å²) in [6, 6.07) is 0. The van der Waals surface area contributed by atoms with Crippen molar-refractivity contribution in [1.82, 2.24) is 4.90 Å².